The first-order valence-corrected chi connectivity index (χ1v) is 12.6. The van der Waals surface area contributed by atoms with E-state index in [9.17, 15) is 13.2 Å². The number of sulfone groups is 1. The van der Waals surface area contributed by atoms with Gasteiger partial charge in [0.2, 0.25) is 0 Å². The molecule has 29 heavy (non-hydrogen) atoms. The topological polar surface area (TPSA) is 69.0 Å². The number of thiazole rings is 1. The first-order chi connectivity index (χ1) is 13.6. The predicted octanol–water partition coefficient (Wildman–Crippen LogP) is 4.46. The lowest BCUT2D eigenvalue weighted by molar-refractivity contribution is 0.346. The standard InChI is InChI=1S/C22H26N2O3S2/c1-22(2,3)14-24-19-8-7-18(23-20(19)28-21(24)25)17-6-4-5-16(13-17)15-9-11-29(26,27)12-10-15/h4-8,13,15H,9-12,14H2,1-3H3. The zero-order chi connectivity index (χ0) is 20.8. The summed E-state index contributed by atoms with van der Waals surface area (Å²) in [5.41, 5.74) is 3.90. The van der Waals surface area contributed by atoms with Crippen LogP contribution in [0, 0.1) is 5.41 Å². The number of benzene rings is 1. The SMILES string of the molecule is CC(C)(C)Cn1c(=O)sc2nc(-c3cccc(C4CCS(=O)(=O)CC4)c3)ccc21. The molecule has 0 saturated carbocycles. The maximum Gasteiger partial charge on any atom is 0.309 e. The third kappa shape index (κ3) is 4.46. The van der Waals surface area contributed by atoms with Crippen molar-refractivity contribution in [2.75, 3.05) is 11.5 Å². The van der Waals surface area contributed by atoms with Crippen LogP contribution in [0.15, 0.2) is 41.2 Å². The molecule has 1 aromatic carbocycles. The van der Waals surface area contributed by atoms with Crippen molar-refractivity contribution in [2.24, 2.45) is 5.41 Å². The predicted molar refractivity (Wildman–Crippen MR) is 119 cm³/mol. The minimum Gasteiger partial charge on any atom is -0.297 e. The lowest BCUT2D eigenvalue weighted by Crippen LogP contribution is -2.22. The summed E-state index contributed by atoms with van der Waals surface area (Å²) < 4.78 is 25.3. The van der Waals surface area contributed by atoms with Gasteiger partial charge in [0.25, 0.3) is 0 Å². The summed E-state index contributed by atoms with van der Waals surface area (Å²) in [6.07, 6.45) is 1.35. The molecule has 0 unspecified atom stereocenters. The van der Waals surface area contributed by atoms with E-state index in [4.69, 9.17) is 4.98 Å². The highest BCUT2D eigenvalue weighted by atomic mass is 32.2. The highest BCUT2D eigenvalue weighted by Crippen LogP contribution is 2.32. The Kier molecular flexibility index (Phi) is 5.15. The van der Waals surface area contributed by atoms with Crippen molar-refractivity contribution in [3.63, 3.8) is 0 Å². The first-order valence-electron chi connectivity index (χ1n) is 9.92. The van der Waals surface area contributed by atoms with E-state index in [2.05, 4.69) is 32.9 Å². The fraction of sp³-hybridized carbons (Fsp3) is 0.455. The van der Waals surface area contributed by atoms with Crippen molar-refractivity contribution in [1.82, 2.24) is 9.55 Å². The van der Waals surface area contributed by atoms with Gasteiger partial charge in [0.1, 0.15) is 14.7 Å². The molecule has 7 heteroatoms. The summed E-state index contributed by atoms with van der Waals surface area (Å²) in [7, 11) is -2.87. The number of hydrogen-bond acceptors (Lipinski definition) is 5. The van der Waals surface area contributed by atoms with Gasteiger partial charge in [-0.15, -0.1) is 0 Å². The molecule has 0 aliphatic carbocycles. The van der Waals surface area contributed by atoms with Crippen LogP contribution in [0.2, 0.25) is 0 Å². The Bertz CT molecular complexity index is 1200. The van der Waals surface area contributed by atoms with Crippen molar-refractivity contribution < 1.29 is 8.42 Å². The van der Waals surface area contributed by atoms with E-state index in [0.29, 0.717) is 19.4 Å². The highest BCUT2D eigenvalue weighted by Gasteiger charge is 2.25. The second kappa shape index (κ2) is 7.36. The van der Waals surface area contributed by atoms with Gasteiger partial charge < -0.3 is 0 Å². The maximum absolute atomic E-state index is 12.5. The Labute approximate surface area is 175 Å². The molecule has 0 atom stereocenters. The van der Waals surface area contributed by atoms with Gasteiger partial charge in [-0.25, -0.2) is 13.4 Å². The molecule has 0 bridgehead atoms. The van der Waals surface area contributed by atoms with Crippen LogP contribution in [0.25, 0.3) is 21.6 Å². The van der Waals surface area contributed by atoms with E-state index in [1.807, 2.05) is 28.8 Å². The molecule has 3 aromatic rings. The zero-order valence-corrected chi connectivity index (χ0v) is 18.6. The summed E-state index contributed by atoms with van der Waals surface area (Å²) in [5.74, 6) is 0.800. The van der Waals surface area contributed by atoms with Crippen LogP contribution in [0.5, 0.6) is 0 Å². The van der Waals surface area contributed by atoms with Gasteiger partial charge in [-0.1, -0.05) is 50.3 Å². The Morgan fingerprint density at radius 1 is 1.14 bits per heavy atom. The Hall–Kier alpha value is -1.99. The summed E-state index contributed by atoms with van der Waals surface area (Å²) in [6, 6.07) is 12.2. The average molecular weight is 431 g/mol. The number of nitrogens with zero attached hydrogens (tertiary/aromatic N) is 2. The quantitative estimate of drug-likeness (QED) is 0.615. The molecule has 3 heterocycles. The van der Waals surface area contributed by atoms with E-state index in [1.165, 1.54) is 11.3 Å². The molecule has 0 amide bonds. The van der Waals surface area contributed by atoms with E-state index in [-0.39, 0.29) is 27.7 Å². The Morgan fingerprint density at radius 2 is 1.86 bits per heavy atom. The third-order valence-electron chi connectivity index (χ3n) is 5.38. The third-order valence-corrected chi connectivity index (χ3v) is 7.98. The fourth-order valence-electron chi connectivity index (χ4n) is 3.91. The zero-order valence-electron chi connectivity index (χ0n) is 17.0. The Balaban J connectivity index is 1.66. The molecule has 5 nitrogen and oxygen atoms in total. The van der Waals surface area contributed by atoms with Crippen LogP contribution in [0.4, 0.5) is 0 Å². The highest BCUT2D eigenvalue weighted by molar-refractivity contribution is 7.91. The van der Waals surface area contributed by atoms with Crippen molar-refractivity contribution >= 4 is 31.5 Å². The van der Waals surface area contributed by atoms with Gasteiger partial charge in [0, 0.05) is 12.1 Å². The van der Waals surface area contributed by atoms with Crippen molar-refractivity contribution in [1.29, 1.82) is 0 Å². The molecule has 0 spiro atoms. The average Bonchev–Trinajstić information content (AvgIpc) is 2.95. The summed E-state index contributed by atoms with van der Waals surface area (Å²) in [5, 5.41) is 0. The number of rotatable bonds is 3. The minimum atomic E-state index is -2.87. The molecule has 1 saturated heterocycles. The molecule has 4 rings (SSSR count). The van der Waals surface area contributed by atoms with Gasteiger partial charge in [-0.05, 0) is 47.9 Å². The van der Waals surface area contributed by atoms with Crippen LogP contribution < -0.4 is 4.87 Å². The maximum atomic E-state index is 12.5. The fourth-order valence-corrected chi connectivity index (χ4v) is 6.27. The lowest BCUT2D eigenvalue weighted by Gasteiger charge is -2.22. The van der Waals surface area contributed by atoms with Gasteiger partial charge >= 0.3 is 4.87 Å². The largest absolute Gasteiger partial charge is 0.309 e. The van der Waals surface area contributed by atoms with Gasteiger partial charge in [-0.3, -0.25) is 9.36 Å². The minimum absolute atomic E-state index is 0.0122. The number of hydrogen-bond donors (Lipinski definition) is 0. The van der Waals surface area contributed by atoms with Crippen LogP contribution >= 0.6 is 11.3 Å². The molecule has 154 valence electrons. The molecule has 1 aliphatic rings. The van der Waals surface area contributed by atoms with Crippen LogP contribution in [-0.4, -0.2) is 29.5 Å². The van der Waals surface area contributed by atoms with Crippen molar-refractivity contribution in [2.45, 2.75) is 46.1 Å². The van der Waals surface area contributed by atoms with E-state index < -0.39 is 9.84 Å². The normalized spacial score (nSPS) is 17.6. The van der Waals surface area contributed by atoms with Crippen molar-refractivity contribution in [3.8, 4) is 11.3 Å². The van der Waals surface area contributed by atoms with Gasteiger partial charge in [0.15, 0.2) is 0 Å². The van der Waals surface area contributed by atoms with Gasteiger partial charge in [-0.2, -0.15) is 0 Å². The molecule has 1 aliphatic heterocycles. The molecule has 0 N–H and O–H groups in total. The Morgan fingerprint density at radius 3 is 2.55 bits per heavy atom. The molecule has 1 fully saturated rings. The van der Waals surface area contributed by atoms with Crippen LogP contribution in [0.3, 0.4) is 0 Å². The molecule has 0 radical (unpaired) electrons. The summed E-state index contributed by atoms with van der Waals surface area (Å²) in [6.45, 7) is 7.01. The number of fused-ring (bicyclic) bond motifs is 1. The van der Waals surface area contributed by atoms with E-state index in [1.54, 1.807) is 0 Å². The first kappa shape index (κ1) is 20.3. The van der Waals surface area contributed by atoms with Crippen molar-refractivity contribution in [3.05, 3.63) is 51.6 Å². The van der Waals surface area contributed by atoms with E-state index >= 15 is 0 Å². The number of aromatic nitrogens is 2. The molecule has 2 aromatic heterocycles. The summed E-state index contributed by atoms with van der Waals surface area (Å²) in [4.78, 5) is 18.0. The lowest BCUT2D eigenvalue weighted by atomic mass is 9.92. The monoisotopic (exact) mass is 430 g/mol. The smallest absolute Gasteiger partial charge is 0.297 e. The van der Waals surface area contributed by atoms with Crippen LogP contribution in [-0.2, 0) is 16.4 Å². The van der Waals surface area contributed by atoms with E-state index in [0.717, 1.165) is 27.2 Å². The second-order valence-electron chi connectivity index (χ2n) is 9.09. The molecular weight excluding hydrogens is 404 g/mol. The molecular formula is C22H26N2O3S2. The summed E-state index contributed by atoms with van der Waals surface area (Å²) >= 11 is 1.19. The second-order valence-corrected chi connectivity index (χ2v) is 12.3. The van der Waals surface area contributed by atoms with Crippen LogP contribution in [0.1, 0.15) is 45.1 Å². The number of pyridine rings is 1. The van der Waals surface area contributed by atoms with Gasteiger partial charge in [0.05, 0.1) is 22.7 Å².